The quantitative estimate of drug-likeness (QED) is 0.805. The van der Waals surface area contributed by atoms with Crippen molar-refractivity contribution in [2.75, 3.05) is 0 Å². The molecule has 20 heavy (non-hydrogen) atoms. The van der Waals surface area contributed by atoms with E-state index < -0.39 is 0 Å². The molecule has 2 aromatic rings. The average molecular weight is 266 g/mol. The summed E-state index contributed by atoms with van der Waals surface area (Å²) in [5.41, 5.74) is 6.21. The minimum Gasteiger partial charge on any atom is -0.508 e. The highest BCUT2D eigenvalue weighted by atomic mass is 16.3. The predicted octanol–water partition coefficient (Wildman–Crippen LogP) is 4.36. The zero-order valence-corrected chi connectivity index (χ0v) is 11.6. The molecule has 3 rings (SSSR count). The minimum absolute atomic E-state index is 0.297. The van der Waals surface area contributed by atoms with Crippen LogP contribution < -0.4 is 0 Å². The molecule has 0 amide bonds. The number of hydrogen-bond acceptors (Lipinski definition) is 2. The van der Waals surface area contributed by atoms with Crippen molar-refractivity contribution < 1.29 is 10.2 Å². The summed E-state index contributed by atoms with van der Waals surface area (Å²) >= 11 is 0. The largest absolute Gasteiger partial charge is 0.508 e. The zero-order chi connectivity index (χ0) is 14.1. The maximum atomic E-state index is 9.64. The van der Waals surface area contributed by atoms with Crippen molar-refractivity contribution in [2.24, 2.45) is 0 Å². The number of allylic oxidation sites excluding steroid dienone is 2. The molecule has 0 aromatic heterocycles. The molecular weight excluding hydrogens is 248 g/mol. The van der Waals surface area contributed by atoms with E-state index >= 15 is 0 Å². The van der Waals surface area contributed by atoms with E-state index in [4.69, 9.17) is 0 Å². The molecule has 0 bridgehead atoms. The smallest absolute Gasteiger partial charge is 0.115 e. The number of hydrogen-bond donors (Lipinski definition) is 2. The minimum atomic E-state index is 0.297. The Morgan fingerprint density at radius 2 is 1.55 bits per heavy atom. The van der Waals surface area contributed by atoms with Gasteiger partial charge in [0.1, 0.15) is 11.5 Å². The maximum Gasteiger partial charge on any atom is 0.115 e. The Kier molecular flexibility index (Phi) is 3.23. The van der Waals surface area contributed by atoms with E-state index in [1.807, 2.05) is 24.3 Å². The monoisotopic (exact) mass is 266 g/mol. The lowest BCUT2D eigenvalue weighted by atomic mass is 9.94. The van der Waals surface area contributed by atoms with E-state index in [9.17, 15) is 10.2 Å². The molecule has 2 N–H and O–H groups in total. The summed E-state index contributed by atoms with van der Waals surface area (Å²) in [5, 5.41) is 19.1. The van der Waals surface area contributed by atoms with Gasteiger partial charge in [-0.25, -0.2) is 0 Å². The third-order valence-electron chi connectivity index (χ3n) is 4.03. The highest BCUT2D eigenvalue weighted by Crippen LogP contribution is 2.36. The molecule has 2 heteroatoms. The molecule has 0 saturated carbocycles. The maximum absolute atomic E-state index is 9.64. The second kappa shape index (κ2) is 5.04. The lowest BCUT2D eigenvalue weighted by Gasteiger charge is -2.12. The van der Waals surface area contributed by atoms with Crippen molar-refractivity contribution in [1.82, 2.24) is 0 Å². The Balaban J connectivity index is 2.12. The fraction of sp³-hybridized carbons (Fsp3) is 0.222. The van der Waals surface area contributed by atoms with Crippen LogP contribution in [0.1, 0.15) is 36.5 Å². The van der Waals surface area contributed by atoms with E-state index in [1.54, 1.807) is 18.2 Å². The summed E-state index contributed by atoms with van der Waals surface area (Å²) < 4.78 is 0. The third kappa shape index (κ3) is 2.29. The van der Waals surface area contributed by atoms with Crippen LogP contribution in [0, 0.1) is 0 Å². The van der Waals surface area contributed by atoms with Crippen LogP contribution in [-0.4, -0.2) is 10.2 Å². The van der Waals surface area contributed by atoms with Gasteiger partial charge in [0.15, 0.2) is 0 Å². The second-order valence-corrected chi connectivity index (χ2v) is 5.35. The van der Waals surface area contributed by atoms with Gasteiger partial charge in [0.25, 0.3) is 0 Å². The molecule has 0 saturated heterocycles. The topological polar surface area (TPSA) is 40.5 Å². The molecule has 0 heterocycles. The van der Waals surface area contributed by atoms with Crippen LogP contribution in [0.3, 0.4) is 0 Å². The molecule has 1 aliphatic carbocycles. The van der Waals surface area contributed by atoms with Crippen LogP contribution in [-0.2, 0) is 6.42 Å². The normalized spacial score (nSPS) is 14.8. The number of rotatable bonds is 1. The van der Waals surface area contributed by atoms with Gasteiger partial charge >= 0.3 is 0 Å². The Morgan fingerprint density at radius 1 is 0.850 bits per heavy atom. The molecule has 102 valence electrons. The van der Waals surface area contributed by atoms with Crippen molar-refractivity contribution in [2.45, 2.75) is 26.2 Å². The Bertz CT molecular complexity index is 666. The molecule has 2 nitrogen and oxygen atoms in total. The van der Waals surface area contributed by atoms with Gasteiger partial charge in [-0.05, 0) is 78.3 Å². The molecule has 2 aromatic carbocycles. The summed E-state index contributed by atoms with van der Waals surface area (Å²) in [6.45, 7) is 2.14. The van der Waals surface area contributed by atoms with E-state index in [0.717, 1.165) is 19.3 Å². The molecule has 1 aliphatic rings. The van der Waals surface area contributed by atoms with Gasteiger partial charge in [-0.1, -0.05) is 18.2 Å². The Hall–Kier alpha value is -2.22. The fourth-order valence-electron chi connectivity index (χ4n) is 2.98. The highest BCUT2D eigenvalue weighted by molar-refractivity contribution is 5.91. The molecule has 0 atom stereocenters. The summed E-state index contributed by atoms with van der Waals surface area (Å²) in [5.74, 6) is 0.635. The molecular formula is C18H18O2. The van der Waals surface area contributed by atoms with Crippen molar-refractivity contribution in [3.8, 4) is 11.5 Å². The summed E-state index contributed by atoms with van der Waals surface area (Å²) in [6.07, 6.45) is 3.08. The van der Waals surface area contributed by atoms with Crippen LogP contribution in [0.25, 0.3) is 11.1 Å². The molecule has 0 radical (unpaired) electrons. The first-order chi connectivity index (χ1) is 9.65. The summed E-state index contributed by atoms with van der Waals surface area (Å²) in [7, 11) is 0. The first-order valence-electron chi connectivity index (χ1n) is 6.96. The second-order valence-electron chi connectivity index (χ2n) is 5.35. The van der Waals surface area contributed by atoms with Crippen LogP contribution in [0.2, 0.25) is 0 Å². The van der Waals surface area contributed by atoms with Gasteiger partial charge in [-0.2, -0.15) is 0 Å². The van der Waals surface area contributed by atoms with Gasteiger partial charge in [0.2, 0.25) is 0 Å². The van der Waals surface area contributed by atoms with Crippen LogP contribution >= 0.6 is 0 Å². The lowest BCUT2D eigenvalue weighted by Crippen LogP contribution is -1.90. The average Bonchev–Trinajstić information content (AvgIpc) is 2.59. The van der Waals surface area contributed by atoms with Crippen molar-refractivity contribution in [1.29, 1.82) is 0 Å². The molecule has 0 fully saturated rings. The summed E-state index contributed by atoms with van der Waals surface area (Å²) in [6, 6.07) is 13.0. The Morgan fingerprint density at radius 3 is 2.30 bits per heavy atom. The third-order valence-corrected chi connectivity index (χ3v) is 4.03. The van der Waals surface area contributed by atoms with E-state index in [0.29, 0.717) is 11.5 Å². The number of phenolic OH excluding ortho intramolecular Hbond substituents is 2. The van der Waals surface area contributed by atoms with E-state index in [2.05, 4.69) is 6.92 Å². The van der Waals surface area contributed by atoms with Crippen LogP contribution in [0.15, 0.2) is 42.5 Å². The predicted molar refractivity (Wildman–Crippen MR) is 81.6 cm³/mol. The van der Waals surface area contributed by atoms with Crippen LogP contribution in [0.5, 0.6) is 11.5 Å². The standard InChI is InChI=1S/C18H18O2/c1-12-17(13-5-7-15(19)8-6-13)4-2-3-14-11-16(20)9-10-18(12)14/h5-11,19-20H,2-4H2,1H3. The van der Waals surface area contributed by atoms with Crippen molar-refractivity contribution in [3.63, 3.8) is 0 Å². The number of aryl methyl sites for hydroxylation is 1. The summed E-state index contributed by atoms with van der Waals surface area (Å²) in [4.78, 5) is 0. The first-order valence-corrected chi connectivity index (χ1v) is 6.96. The SMILES string of the molecule is CC1=C(c2ccc(O)cc2)CCCc2cc(O)ccc21. The van der Waals surface area contributed by atoms with Gasteiger partial charge in [0, 0.05) is 0 Å². The van der Waals surface area contributed by atoms with E-state index in [1.165, 1.54) is 27.8 Å². The van der Waals surface area contributed by atoms with Crippen molar-refractivity contribution >= 4 is 11.1 Å². The lowest BCUT2D eigenvalue weighted by molar-refractivity contribution is 0.474. The van der Waals surface area contributed by atoms with Crippen LogP contribution in [0.4, 0.5) is 0 Å². The Labute approximate surface area is 119 Å². The first kappa shape index (κ1) is 12.8. The number of phenols is 2. The van der Waals surface area contributed by atoms with Gasteiger partial charge in [-0.15, -0.1) is 0 Å². The van der Waals surface area contributed by atoms with Crippen molar-refractivity contribution in [3.05, 3.63) is 59.2 Å². The van der Waals surface area contributed by atoms with E-state index in [-0.39, 0.29) is 0 Å². The van der Waals surface area contributed by atoms with Gasteiger partial charge in [-0.3, -0.25) is 0 Å². The zero-order valence-electron chi connectivity index (χ0n) is 11.6. The number of aromatic hydroxyl groups is 2. The molecule has 0 aliphatic heterocycles. The highest BCUT2D eigenvalue weighted by Gasteiger charge is 2.15. The van der Waals surface area contributed by atoms with Gasteiger partial charge < -0.3 is 10.2 Å². The molecule has 0 unspecified atom stereocenters. The number of fused-ring (bicyclic) bond motifs is 1. The number of benzene rings is 2. The molecule has 0 spiro atoms. The fourth-order valence-corrected chi connectivity index (χ4v) is 2.98. The van der Waals surface area contributed by atoms with Gasteiger partial charge in [0.05, 0.1) is 0 Å².